The van der Waals surface area contributed by atoms with Gasteiger partial charge in [-0.15, -0.1) is 0 Å². The average molecular weight is 497 g/mol. The molecule has 3 aromatic heterocycles. The third-order valence-electron chi connectivity index (χ3n) is 6.80. The summed E-state index contributed by atoms with van der Waals surface area (Å²) < 4.78 is 7.42. The van der Waals surface area contributed by atoms with Crippen LogP contribution in [0.25, 0.3) is 22.0 Å². The molecule has 0 radical (unpaired) electrons. The Morgan fingerprint density at radius 1 is 1.08 bits per heavy atom. The molecule has 1 fully saturated rings. The quantitative estimate of drug-likeness (QED) is 0.302. The second-order valence-corrected chi connectivity index (χ2v) is 9.15. The lowest BCUT2D eigenvalue weighted by Gasteiger charge is -2.28. The molecular weight excluding hydrogens is 468 g/mol. The van der Waals surface area contributed by atoms with Crippen LogP contribution in [-0.2, 0) is 4.74 Å². The van der Waals surface area contributed by atoms with Crippen LogP contribution in [0.1, 0.15) is 28.5 Å². The number of ether oxygens (including phenoxy) is 1. The monoisotopic (exact) mass is 496 g/mol. The van der Waals surface area contributed by atoms with Crippen LogP contribution in [-0.4, -0.2) is 73.8 Å². The Labute approximate surface area is 213 Å². The summed E-state index contributed by atoms with van der Waals surface area (Å²) in [6.07, 6.45) is 8.07. The molecule has 1 saturated heterocycles. The number of aromatic nitrogens is 6. The molecule has 4 heterocycles. The highest BCUT2D eigenvalue weighted by molar-refractivity contribution is 6.11. The topological polar surface area (TPSA) is 117 Å². The molecular formula is C27H28N8O2. The number of carbonyl (C=O) groups excluding carboxylic acids is 1. The molecule has 1 aliphatic heterocycles. The van der Waals surface area contributed by atoms with E-state index in [0.717, 1.165) is 61.3 Å². The highest BCUT2D eigenvalue weighted by Gasteiger charge is 2.20. The third-order valence-corrected chi connectivity index (χ3v) is 6.80. The Balaban J connectivity index is 1.19. The first-order valence-electron chi connectivity index (χ1n) is 12.4. The zero-order valence-corrected chi connectivity index (χ0v) is 20.3. The van der Waals surface area contributed by atoms with E-state index in [1.165, 1.54) is 5.56 Å². The van der Waals surface area contributed by atoms with Crippen molar-refractivity contribution < 1.29 is 9.53 Å². The maximum atomic E-state index is 13.1. The minimum Gasteiger partial charge on any atom is -0.379 e. The van der Waals surface area contributed by atoms with Gasteiger partial charge in [-0.05, 0) is 29.7 Å². The first-order chi connectivity index (χ1) is 18.2. The molecule has 10 heteroatoms. The SMILES string of the molecule is O=C(Nc1cnn(C(CCN2CCOCC2)c2ccccc2)c1)c1n[nH]c2cc(-c3cn[nH]c3)ccc12. The molecule has 188 valence electrons. The van der Waals surface area contributed by atoms with E-state index in [4.69, 9.17) is 4.74 Å². The van der Waals surface area contributed by atoms with Crippen LogP contribution in [0.2, 0.25) is 0 Å². The number of nitrogens with zero attached hydrogens (tertiary/aromatic N) is 5. The normalized spacial score (nSPS) is 15.1. The van der Waals surface area contributed by atoms with Crippen LogP contribution in [0.15, 0.2) is 73.3 Å². The van der Waals surface area contributed by atoms with Gasteiger partial charge in [-0.2, -0.15) is 15.3 Å². The number of morpholine rings is 1. The van der Waals surface area contributed by atoms with E-state index in [2.05, 4.69) is 47.8 Å². The standard InChI is InChI=1S/C27H28N8O2/c36-27(26-23-7-6-20(14-24(23)32-33-26)21-15-28-29-16-21)31-22-17-30-35(18-22)25(19-4-2-1-3-5-19)8-9-34-10-12-37-13-11-34/h1-7,14-18,25H,8-13H2,(H,28,29)(H,31,36)(H,32,33). The lowest BCUT2D eigenvalue weighted by molar-refractivity contribution is 0.0360. The number of amides is 1. The van der Waals surface area contributed by atoms with E-state index >= 15 is 0 Å². The molecule has 0 saturated carbocycles. The average Bonchev–Trinajstić information content (AvgIpc) is 3.71. The van der Waals surface area contributed by atoms with Crippen LogP contribution in [0.5, 0.6) is 0 Å². The summed E-state index contributed by atoms with van der Waals surface area (Å²) in [4.78, 5) is 15.5. The van der Waals surface area contributed by atoms with Gasteiger partial charge in [0.05, 0.1) is 42.9 Å². The van der Waals surface area contributed by atoms with Crippen LogP contribution >= 0.6 is 0 Å². The van der Waals surface area contributed by atoms with Crippen molar-refractivity contribution in [3.8, 4) is 11.1 Å². The number of benzene rings is 2. The molecule has 3 N–H and O–H groups in total. The van der Waals surface area contributed by atoms with Gasteiger partial charge in [0.2, 0.25) is 0 Å². The number of carbonyl (C=O) groups is 1. The first-order valence-corrected chi connectivity index (χ1v) is 12.4. The van der Waals surface area contributed by atoms with Crippen molar-refractivity contribution in [2.75, 3.05) is 38.2 Å². The van der Waals surface area contributed by atoms with Crippen molar-refractivity contribution >= 4 is 22.5 Å². The second-order valence-electron chi connectivity index (χ2n) is 9.15. The second kappa shape index (κ2) is 10.4. The molecule has 2 aromatic carbocycles. The number of H-pyrrole nitrogens is 2. The minimum atomic E-state index is -0.286. The number of aromatic amines is 2. The maximum Gasteiger partial charge on any atom is 0.276 e. The molecule has 1 atom stereocenters. The van der Waals surface area contributed by atoms with Crippen LogP contribution in [0.4, 0.5) is 5.69 Å². The smallest absolute Gasteiger partial charge is 0.276 e. The van der Waals surface area contributed by atoms with Gasteiger partial charge in [-0.3, -0.25) is 24.6 Å². The fourth-order valence-corrected chi connectivity index (χ4v) is 4.80. The summed E-state index contributed by atoms with van der Waals surface area (Å²) in [6.45, 7) is 4.40. The van der Waals surface area contributed by atoms with Crippen molar-refractivity contribution in [3.63, 3.8) is 0 Å². The van der Waals surface area contributed by atoms with Crippen molar-refractivity contribution in [3.05, 3.63) is 84.6 Å². The Morgan fingerprint density at radius 3 is 2.76 bits per heavy atom. The number of hydrogen-bond acceptors (Lipinski definition) is 6. The van der Waals surface area contributed by atoms with Crippen LogP contribution in [0.3, 0.4) is 0 Å². The molecule has 0 aliphatic carbocycles. The largest absolute Gasteiger partial charge is 0.379 e. The van der Waals surface area contributed by atoms with Crippen molar-refractivity contribution in [1.29, 1.82) is 0 Å². The van der Waals surface area contributed by atoms with Gasteiger partial charge >= 0.3 is 0 Å². The summed E-state index contributed by atoms with van der Waals surface area (Å²) >= 11 is 0. The third kappa shape index (κ3) is 5.02. The van der Waals surface area contributed by atoms with Gasteiger partial charge in [-0.25, -0.2) is 0 Å². The predicted octanol–water partition coefficient (Wildman–Crippen LogP) is 3.71. The summed E-state index contributed by atoms with van der Waals surface area (Å²) in [7, 11) is 0. The zero-order valence-electron chi connectivity index (χ0n) is 20.3. The summed E-state index contributed by atoms with van der Waals surface area (Å²) in [5, 5.41) is 22.4. The van der Waals surface area contributed by atoms with Gasteiger partial charge in [0.1, 0.15) is 0 Å². The molecule has 5 aromatic rings. The van der Waals surface area contributed by atoms with Crippen LogP contribution in [0, 0.1) is 0 Å². The van der Waals surface area contributed by atoms with Crippen molar-refractivity contribution in [1.82, 2.24) is 35.1 Å². The van der Waals surface area contributed by atoms with E-state index in [0.29, 0.717) is 11.4 Å². The fourth-order valence-electron chi connectivity index (χ4n) is 4.80. The Kier molecular flexibility index (Phi) is 6.49. The highest BCUT2D eigenvalue weighted by atomic mass is 16.5. The lowest BCUT2D eigenvalue weighted by atomic mass is 10.0. The van der Waals surface area contributed by atoms with Gasteiger partial charge < -0.3 is 10.1 Å². The van der Waals surface area contributed by atoms with Gasteiger partial charge in [0, 0.05) is 43.0 Å². The highest BCUT2D eigenvalue weighted by Crippen LogP contribution is 2.26. The Morgan fingerprint density at radius 2 is 1.95 bits per heavy atom. The van der Waals surface area contributed by atoms with Crippen LogP contribution < -0.4 is 5.32 Å². The zero-order chi connectivity index (χ0) is 25.0. The number of nitrogens with one attached hydrogen (secondary N) is 3. The fraction of sp³-hybridized carbons (Fsp3) is 0.259. The number of rotatable bonds is 8. The van der Waals surface area contributed by atoms with Gasteiger partial charge in [-0.1, -0.05) is 36.4 Å². The van der Waals surface area contributed by atoms with E-state index in [1.807, 2.05) is 53.5 Å². The van der Waals surface area contributed by atoms with Gasteiger partial charge in [0.25, 0.3) is 5.91 Å². The van der Waals surface area contributed by atoms with E-state index in [9.17, 15) is 4.79 Å². The first kappa shape index (κ1) is 23.1. The molecule has 0 bridgehead atoms. The summed E-state index contributed by atoms with van der Waals surface area (Å²) in [5.41, 5.74) is 4.89. The molecule has 6 rings (SSSR count). The molecule has 1 unspecified atom stereocenters. The van der Waals surface area contributed by atoms with E-state index < -0.39 is 0 Å². The Hall–Kier alpha value is -4.28. The molecule has 10 nitrogen and oxygen atoms in total. The predicted molar refractivity (Wildman–Crippen MR) is 140 cm³/mol. The summed E-state index contributed by atoms with van der Waals surface area (Å²) in [6, 6.07) is 16.2. The van der Waals surface area contributed by atoms with Gasteiger partial charge in [0.15, 0.2) is 5.69 Å². The molecule has 37 heavy (non-hydrogen) atoms. The summed E-state index contributed by atoms with van der Waals surface area (Å²) in [5.74, 6) is -0.286. The number of anilines is 1. The molecule has 1 aliphatic rings. The molecule has 0 spiro atoms. The number of hydrogen-bond donors (Lipinski definition) is 3. The Bertz CT molecular complexity index is 1470. The van der Waals surface area contributed by atoms with Crippen molar-refractivity contribution in [2.24, 2.45) is 0 Å². The van der Waals surface area contributed by atoms with Crippen molar-refractivity contribution in [2.45, 2.75) is 12.5 Å². The number of fused-ring (bicyclic) bond motifs is 1. The van der Waals surface area contributed by atoms with E-state index in [1.54, 1.807) is 12.4 Å². The minimum absolute atomic E-state index is 0.0576. The van der Waals surface area contributed by atoms with E-state index in [-0.39, 0.29) is 11.9 Å². The molecule has 1 amide bonds. The maximum absolute atomic E-state index is 13.1. The lowest BCUT2D eigenvalue weighted by Crippen LogP contribution is -2.37.